The van der Waals surface area contributed by atoms with Crippen LogP contribution in [0.1, 0.15) is 0 Å². The molecule has 0 bridgehead atoms. The third-order valence-corrected chi connectivity index (χ3v) is 3.38. The lowest BCUT2D eigenvalue weighted by atomic mass is 10.3. The SMILES string of the molecule is COc1cccc(NC(=O)CSc2nncc(=O)n2N)c1. The molecule has 0 saturated carbocycles. The van der Waals surface area contributed by atoms with Crippen LogP contribution >= 0.6 is 11.8 Å². The molecule has 1 aromatic carbocycles. The minimum atomic E-state index is -0.485. The highest BCUT2D eigenvalue weighted by Gasteiger charge is 2.08. The largest absolute Gasteiger partial charge is 0.497 e. The van der Waals surface area contributed by atoms with E-state index in [2.05, 4.69) is 15.5 Å². The van der Waals surface area contributed by atoms with Gasteiger partial charge in [0.1, 0.15) is 11.9 Å². The van der Waals surface area contributed by atoms with E-state index in [0.29, 0.717) is 11.4 Å². The number of benzene rings is 1. The molecule has 0 spiro atoms. The van der Waals surface area contributed by atoms with Crippen molar-refractivity contribution in [3.63, 3.8) is 0 Å². The van der Waals surface area contributed by atoms with E-state index < -0.39 is 5.56 Å². The van der Waals surface area contributed by atoms with Crippen LogP contribution in [0.2, 0.25) is 0 Å². The van der Waals surface area contributed by atoms with Crippen LogP contribution < -0.4 is 21.5 Å². The molecule has 1 aromatic heterocycles. The Morgan fingerprint density at radius 1 is 1.52 bits per heavy atom. The summed E-state index contributed by atoms with van der Waals surface area (Å²) in [6, 6.07) is 6.98. The fourth-order valence-electron chi connectivity index (χ4n) is 1.46. The first-order valence-corrected chi connectivity index (χ1v) is 6.85. The van der Waals surface area contributed by atoms with Gasteiger partial charge in [0.25, 0.3) is 5.56 Å². The summed E-state index contributed by atoms with van der Waals surface area (Å²) < 4.78 is 5.91. The summed E-state index contributed by atoms with van der Waals surface area (Å²) in [6.07, 6.45) is 1.00. The molecule has 1 amide bonds. The summed E-state index contributed by atoms with van der Waals surface area (Å²) in [5.74, 6) is 5.93. The highest BCUT2D eigenvalue weighted by atomic mass is 32.2. The maximum Gasteiger partial charge on any atom is 0.291 e. The van der Waals surface area contributed by atoms with E-state index in [0.717, 1.165) is 22.6 Å². The van der Waals surface area contributed by atoms with Gasteiger partial charge < -0.3 is 15.9 Å². The summed E-state index contributed by atoms with van der Waals surface area (Å²) in [4.78, 5) is 23.1. The number of anilines is 1. The Bertz CT molecular complexity index is 703. The third kappa shape index (κ3) is 3.96. The summed E-state index contributed by atoms with van der Waals surface area (Å²) in [5.41, 5.74) is 0.130. The third-order valence-electron chi connectivity index (χ3n) is 2.44. The number of nitrogens with one attached hydrogen (secondary N) is 1. The van der Waals surface area contributed by atoms with Gasteiger partial charge in [-0.2, -0.15) is 9.77 Å². The highest BCUT2D eigenvalue weighted by Crippen LogP contribution is 2.17. The van der Waals surface area contributed by atoms with Crippen molar-refractivity contribution in [2.45, 2.75) is 5.16 Å². The van der Waals surface area contributed by atoms with Crippen LogP contribution in [0.15, 0.2) is 40.4 Å². The molecule has 0 radical (unpaired) electrons. The van der Waals surface area contributed by atoms with Crippen molar-refractivity contribution in [2.75, 3.05) is 24.0 Å². The lowest BCUT2D eigenvalue weighted by molar-refractivity contribution is -0.113. The number of nitrogens with two attached hydrogens (primary N) is 1. The number of nitrogen functional groups attached to an aromatic ring is 1. The fraction of sp³-hybridized carbons (Fsp3) is 0.167. The first-order valence-electron chi connectivity index (χ1n) is 5.86. The Kier molecular flexibility index (Phi) is 4.77. The number of amides is 1. The molecular weight excluding hydrogens is 294 g/mol. The summed E-state index contributed by atoms with van der Waals surface area (Å²) >= 11 is 1.02. The van der Waals surface area contributed by atoms with Crippen molar-refractivity contribution in [2.24, 2.45) is 0 Å². The number of rotatable bonds is 5. The molecule has 3 N–H and O–H groups in total. The van der Waals surface area contributed by atoms with Gasteiger partial charge in [0, 0.05) is 11.8 Å². The van der Waals surface area contributed by atoms with Gasteiger partial charge in [0.15, 0.2) is 0 Å². The first kappa shape index (κ1) is 14.9. The molecule has 2 aromatic rings. The molecule has 8 nitrogen and oxygen atoms in total. The average molecular weight is 307 g/mol. The monoisotopic (exact) mass is 307 g/mol. The second-order valence-corrected chi connectivity index (χ2v) is 4.85. The van der Waals surface area contributed by atoms with Crippen molar-refractivity contribution >= 4 is 23.4 Å². The minimum Gasteiger partial charge on any atom is -0.497 e. The molecule has 0 aliphatic heterocycles. The lowest BCUT2D eigenvalue weighted by Gasteiger charge is -2.07. The highest BCUT2D eigenvalue weighted by molar-refractivity contribution is 7.99. The van der Waals surface area contributed by atoms with E-state index in [4.69, 9.17) is 10.6 Å². The maximum absolute atomic E-state index is 11.8. The van der Waals surface area contributed by atoms with Crippen LogP contribution in [-0.2, 0) is 4.79 Å². The number of ether oxygens (including phenoxy) is 1. The summed E-state index contributed by atoms with van der Waals surface area (Å²) in [5, 5.41) is 10.1. The van der Waals surface area contributed by atoms with Gasteiger partial charge >= 0.3 is 0 Å². The number of aromatic nitrogens is 3. The van der Waals surface area contributed by atoms with E-state index in [1.54, 1.807) is 31.4 Å². The van der Waals surface area contributed by atoms with Crippen LogP contribution in [0.4, 0.5) is 5.69 Å². The molecule has 0 aliphatic rings. The van der Waals surface area contributed by atoms with Gasteiger partial charge in [0.05, 0.1) is 12.9 Å². The van der Waals surface area contributed by atoms with Gasteiger partial charge in [-0.25, -0.2) is 0 Å². The standard InChI is InChI=1S/C12H13N5O3S/c1-20-9-4-2-3-8(5-9)15-10(18)7-21-12-16-14-6-11(19)17(12)13/h2-6H,7,13H2,1H3,(H,15,18). The van der Waals surface area contributed by atoms with Gasteiger partial charge in [-0.15, -0.1) is 5.10 Å². The topological polar surface area (TPSA) is 112 Å². The number of nitrogens with zero attached hydrogens (tertiary/aromatic N) is 3. The predicted molar refractivity (Wildman–Crippen MR) is 78.8 cm³/mol. The van der Waals surface area contributed by atoms with Crippen LogP contribution in [0.5, 0.6) is 5.75 Å². The van der Waals surface area contributed by atoms with Crippen LogP contribution in [0, 0.1) is 0 Å². The Labute approximate surface area is 124 Å². The Balaban J connectivity index is 1.96. The number of methoxy groups -OCH3 is 1. The van der Waals surface area contributed by atoms with Gasteiger partial charge in [-0.05, 0) is 12.1 Å². The lowest BCUT2D eigenvalue weighted by Crippen LogP contribution is -2.30. The zero-order chi connectivity index (χ0) is 15.2. The fourth-order valence-corrected chi connectivity index (χ4v) is 2.12. The molecule has 0 aliphatic carbocycles. The summed E-state index contributed by atoms with van der Waals surface area (Å²) in [7, 11) is 1.55. The zero-order valence-corrected chi connectivity index (χ0v) is 12.0. The van der Waals surface area contributed by atoms with Crippen molar-refractivity contribution in [1.29, 1.82) is 0 Å². The number of hydrogen-bond acceptors (Lipinski definition) is 7. The van der Waals surface area contributed by atoms with Gasteiger partial charge in [-0.1, -0.05) is 17.8 Å². The van der Waals surface area contributed by atoms with Crippen molar-refractivity contribution in [1.82, 2.24) is 14.9 Å². The Morgan fingerprint density at radius 2 is 2.33 bits per heavy atom. The summed E-state index contributed by atoms with van der Waals surface area (Å²) in [6.45, 7) is 0. The Hall–Kier alpha value is -2.55. The van der Waals surface area contributed by atoms with E-state index in [1.807, 2.05) is 0 Å². The molecule has 0 atom stereocenters. The first-order chi connectivity index (χ1) is 10.1. The second-order valence-electron chi connectivity index (χ2n) is 3.90. The molecule has 21 heavy (non-hydrogen) atoms. The van der Waals surface area contributed by atoms with E-state index in [1.165, 1.54) is 0 Å². The molecule has 9 heteroatoms. The van der Waals surface area contributed by atoms with Crippen LogP contribution in [0.25, 0.3) is 0 Å². The van der Waals surface area contributed by atoms with Crippen LogP contribution in [0.3, 0.4) is 0 Å². The second kappa shape index (κ2) is 6.75. The normalized spacial score (nSPS) is 10.1. The molecule has 0 unspecified atom stereocenters. The number of carbonyl (C=O) groups excluding carboxylic acids is 1. The molecular formula is C12H13N5O3S. The number of thioether (sulfide) groups is 1. The Morgan fingerprint density at radius 3 is 3.10 bits per heavy atom. The van der Waals surface area contributed by atoms with Gasteiger partial charge in [-0.3, -0.25) is 9.59 Å². The molecule has 1 heterocycles. The molecule has 110 valence electrons. The van der Waals surface area contributed by atoms with Crippen molar-refractivity contribution in [3.8, 4) is 5.75 Å². The maximum atomic E-state index is 11.8. The predicted octanol–water partition coefficient (Wildman–Crippen LogP) is 0.0915. The van der Waals surface area contributed by atoms with Gasteiger partial charge in [0.2, 0.25) is 11.1 Å². The smallest absolute Gasteiger partial charge is 0.291 e. The van der Waals surface area contributed by atoms with E-state index in [9.17, 15) is 9.59 Å². The quantitative estimate of drug-likeness (QED) is 0.594. The zero-order valence-electron chi connectivity index (χ0n) is 11.1. The molecule has 0 fully saturated rings. The van der Waals surface area contributed by atoms with Crippen LogP contribution in [-0.4, -0.2) is 33.6 Å². The number of hydrogen-bond donors (Lipinski definition) is 2. The van der Waals surface area contributed by atoms with E-state index in [-0.39, 0.29) is 16.8 Å². The average Bonchev–Trinajstić information content (AvgIpc) is 2.49. The number of carbonyl (C=O) groups is 1. The minimum absolute atomic E-state index is 0.0482. The molecule has 0 saturated heterocycles. The van der Waals surface area contributed by atoms with Crippen molar-refractivity contribution < 1.29 is 9.53 Å². The van der Waals surface area contributed by atoms with Crippen molar-refractivity contribution in [3.05, 3.63) is 40.8 Å². The molecule has 2 rings (SSSR count). The van der Waals surface area contributed by atoms with E-state index >= 15 is 0 Å².